The summed E-state index contributed by atoms with van der Waals surface area (Å²) in [5, 5.41) is 9.86. The van der Waals surface area contributed by atoms with E-state index in [2.05, 4.69) is 17.0 Å². The molecule has 2 rings (SSSR count). The number of rotatable bonds is 3. The molecular formula is C13H19NO2. The molecule has 1 saturated heterocycles. The second-order valence-electron chi connectivity index (χ2n) is 4.81. The molecule has 1 aromatic carbocycles. The molecule has 88 valence electrons. The van der Waals surface area contributed by atoms with Gasteiger partial charge in [0.1, 0.15) is 5.75 Å². The summed E-state index contributed by atoms with van der Waals surface area (Å²) in [5.74, 6) is 0.886. The van der Waals surface area contributed by atoms with Crippen molar-refractivity contribution in [1.29, 1.82) is 0 Å². The van der Waals surface area contributed by atoms with E-state index >= 15 is 0 Å². The lowest BCUT2D eigenvalue weighted by atomic mass is 10.1. The first-order valence-corrected chi connectivity index (χ1v) is 5.67. The zero-order valence-corrected chi connectivity index (χ0v) is 9.94. The van der Waals surface area contributed by atoms with Crippen LogP contribution in [0.2, 0.25) is 0 Å². The first-order chi connectivity index (χ1) is 7.59. The first kappa shape index (κ1) is 11.4. The largest absolute Gasteiger partial charge is 0.497 e. The average Bonchev–Trinajstić information content (AvgIpc) is 2.59. The monoisotopic (exact) mass is 221 g/mol. The zero-order chi connectivity index (χ0) is 11.6. The van der Waals surface area contributed by atoms with Gasteiger partial charge in [0.25, 0.3) is 0 Å². The fourth-order valence-electron chi connectivity index (χ4n) is 2.16. The Bertz CT molecular complexity index is 345. The number of nitrogens with zero attached hydrogens (tertiary/aromatic N) is 1. The molecule has 1 fully saturated rings. The normalized spacial score (nSPS) is 25.9. The topological polar surface area (TPSA) is 32.7 Å². The Kier molecular flexibility index (Phi) is 3.17. The van der Waals surface area contributed by atoms with Gasteiger partial charge in [-0.2, -0.15) is 0 Å². The zero-order valence-electron chi connectivity index (χ0n) is 9.94. The number of ether oxygens (including phenoxy) is 1. The van der Waals surface area contributed by atoms with Crippen LogP contribution in [0.25, 0.3) is 0 Å². The second kappa shape index (κ2) is 4.44. The molecule has 1 unspecified atom stereocenters. The van der Waals surface area contributed by atoms with Crippen molar-refractivity contribution in [3.05, 3.63) is 29.8 Å². The molecule has 0 radical (unpaired) electrons. The molecule has 0 amide bonds. The molecule has 0 aromatic heterocycles. The molecule has 3 nitrogen and oxygen atoms in total. The summed E-state index contributed by atoms with van der Waals surface area (Å²) in [5.41, 5.74) is 0.755. The van der Waals surface area contributed by atoms with Gasteiger partial charge in [-0.3, -0.25) is 4.90 Å². The molecule has 1 aromatic rings. The van der Waals surface area contributed by atoms with Gasteiger partial charge in [0.05, 0.1) is 12.7 Å². The van der Waals surface area contributed by atoms with E-state index in [1.54, 1.807) is 7.11 Å². The minimum atomic E-state index is -0.507. The molecule has 16 heavy (non-hydrogen) atoms. The van der Waals surface area contributed by atoms with E-state index in [9.17, 15) is 5.11 Å². The molecule has 1 aliphatic heterocycles. The highest BCUT2D eigenvalue weighted by Gasteiger charge is 2.30. The van der Waals surface area contributed by atoms with Crippen molar-refractivity contribution in [3.63, 3.8) is 0 Å². The predicted molar refractivity (Wildman–Crippen MR) is 63.5 cm³/mol. The number of methoxy groups -OCH3 is 1. The van der Waals surface area contributed by atoms with Crippen LogP contribution in [-0.2, 0) is 6.54 Å². The number of hydrogen-bond acceptors (Lipinski definition) is 3. The number of β-amino-alcohol motifs (C(OH)–C–C–N with tert-alkyl or cyclic N) is 1. The van der Waals surface area contributed by atoms with Gasteiger partial charge in [-0.1, -0.05) is 12.1 Å². The van der Waals surface area contributed by atoms with E-state index in [0.717, 1.165) is 31.8 Å². The van der Waals surface area contributed by atoms with Gasteiger partial charge < -0.3 is 9.84 Å². The van der Waals surface area contributed by atoms with Crippen LogP contribution in [0.15, 0.2) is 24.3 Å². The summed E-state index contributed by atoms with van der Waals surface area (Å²) in [4.78, 5) is 2.28. The highest BCUT2D eigenvalue weighted by molar-refractivity contribution is 5.27. The maximum atomic E-state index is 9.86. The van der Waals surface area contributed by atoms with Gasteiger partial charge >= 0.3 is 0 Å². The third kappa shape index (κ3) is 2.74. The van der Waals surface area contributed by atoms with E-state index in [1.165, 1.54) is 5.56 Å². The van der Waals surface area contributed by atoms with Crippen LogP contribution in [0, 0.1) is 0 Å². The van der Waals surface area contributed by atoms with Gasteiger partial charge in [-0.05, 0) is 31.0 Å². The Hall–Kier alpha value is -1.06. The number of likely N-dealkylation sites (tertiary alicyclic amines) is 1. The molecular weight excluding hydrogens is 202 g/mol. The van der Waals surface area contributed by atoms with Crippen molar-refractivity contribution in [2.24, 2.45) is 0 Å². The van der Waals surface area contributed by atoms with Crippen molar-refractivity contribution in [2.75, 3.05) is 20.2 Å². The molecule has 1 heterocycles. The molecule has 1 N–H and O–H groups in total. The van der Waals surface area contributed by atoms with Crippen LogP contribution >= 0.6 is 0 Å². The Morgan fingerprint density at radius 3 is 2.56 bits per heavy atom. The van der Waals surface area contributed by atoms with Crippen LogP contribution < -0.4 is 4.74 Å². The van der Waals surface area contributed by atoms with Gasteiger partial charge in [0.2, 0.25) is 0 Å². The lowest BCUT2D eigenvalue weighted by Gasteiger charge is -2.18. The lowest BCUT2D eigenvalue weighted by molar-refractivity contribution is 0.0679. The molecule has 1 atom stereocenters. The quantitative estimate of drug-likeness (QED) is 0.842. The maximum Gasteiger partial charge on any atom is 0.118 e. The van der Waals surface area contributed by atoms with Crippen molar-refractivity contribution >= 4 is 0 Å². The molecule has 0 saturated carbocycles. The smallest absolute Gasteiger partial charge is 0.118 e. The SMILES string of the molecule is COc1ccc(CN2CCC(C)(O)C2)cc1. The van der Waals surface area contributed by atoms with Crippen LogP contribution in [0.3, 0.4) is 0 Å². The number of aliphatic hydroxyl groups is 1. The predicted octanol–water partition coefficient (Wildman–Crippen LogP) is 1.65. The van der Waals surface area contributed by atoms with Crippen molar-refractivity contribution in [1.82, 2.24) is 4.90 Å². The summed E-state index contributed by atoms with van der Waals surface area (Å²) in [6, 6.07) is 8.10. The standard InChI is InChI=1S/C13H19NO2/c1-13(15)7-8-14(10-13)9-11-3-5-12(16-2)6-4-11/h3-6,15H,7-10H2,1-2H3. The van der Waals surface area contributed by atoms with Gasteiger partial charge in [0, 0.05) is 19.6 Å². The second-order valence-corrected chi connectivity index (χ2v) is 4.81. The van der Waals surface area contributed by atoms with E-state index < -0.39 is 5.60 Å². The Morgan fingerprint density at radius 1 is 1.38 bits per heavy atom. The van der Waals surface area contributed by atoms with Gasteiger partial charge in [-0.25, -0.2) is 0 Å². The number of benzene rings is 1. The van der Waals surface area contributed by atoms with Gasteiger partial charge in [-0.15, -0.1) is 0 Å². The van der Waals surface area contributed by atoms with Crippen molar-refractivity contribution in [3.8, 4) is 5.75 Å². The van der Waals surface area contributed by atoms with Crippen LogP contribution in [-0.4, -0.2) is 35.8 Å². The summed E-state index contributed by atoms with van der Waals surface area (Å²) in [6.45, 7) is 4.54. The summed E-state index contributed by atoms with van der Waals surface area (Å²) >= 11 is 0. The van der Waals surface area contributed by atoms with Crippen molar-refractivity contribution < 1.29 is 9.84 Å². The minimum absolute atomic E-state index is 0.507. The fourth-order valence-corrected chi connectivity index (χ4v) is 2.16. The molecule has 0 aliphatic carbocycles. The summed E-state index contributed by atoms with van der Waals surface area (Å²) in [6.07, 6.45) is 0.864. The third-order valence-electron chi connectivity index (χ3n) is 3.10. The van der Waals surface area contributed by atoms with E-state index in [4.69, 9.17) is 4.74 Å². The van der Waals surface area contributed by atoms with Crippen LogP contribution in [0.5, 0.6) is 5.75 Å². The van der Waals surface area contributed by atoms with E-state index in [1.807, 2.05) is 19.1 Å². The summed E-state index contributed by atoms with van der Waals surface area (Å²) < 4.78 is 5.12. The average molecular weight is 221 g/mol. The lowest BCUT2D eigenvalue weighted by Crippen LogP contribution is -2.29. The highest BCUT2D eigenvalue weighted by Crippen LogP contribution is 2.22. The molecule has 0 spiro atoms. The fraction of sp³-hybridized carbons (Fsp3) is 0.538. The maximum absolute atomic E-state index is 9.86. The van der Waals surface area contributed by atoms with Crippen LogP contribution in [0.1, 0.15) is 18.9 Å². The summed E-state index contributed by atoms with van der Waals surface area (Å²) in [7, 11) is 1.67. The van der Waals surface area contributed by atoms with Crippen LogP contribution in [0.4, 0.5) is 0 Å². The Morgan fingerprint density at radius 2 is 2.06 bits per heavy atom. The molecule has 0 bridgehead atoms. The van der Waals surface area contributed by atoms with E-state index in [-0.39, 0.29) is 0 Å². The Labute approximate surface area is 96.6 Å². The Balaban J connectivity index is 1.94. The molecule has 1 aliphatic rings. The van der Waals surface area contributed by atoms with Crippen molar-refractivity contribution in [2.45, 2.75) is 25.5 Å². The minimum Gasteiger partial charge on any atom is -0.497 e. The van der Waals surface area contributed by atoms with E-state index in [0.29, 0.717) is 0 Å². The first-order valence-electron chi connectivity index (χ1n) is 5.67. The third-order valence-corrected chi connectivity index (χ3v) is 3.10. The van der Waals surface area contributed by atoms with Gasteiger partial charge in [0.15, 0.2) is 0 Å². The highest BCUT2D eigenvalue weighted by atomic mass is 16.5. The molecule has 3 heteroatoms. The number of hydrogen-bond donors (Lipinski definition) is 1.